The zero-order valence-electron chi connectivity index (χ0n) is 15.5. The van der Waals surface area contributed by atoms with Gasteiger partial charge in [0, 0.05) is 38.7 Å². The SMILES string of the molecule is CCc1noc(C)c1C(=O)N(C)CCNc1cc(C2CCOC2)ncn1. The van der Waals surface area contributed by atoms with Crippen LogP contribution < -0.4 is 5.32 Å². The molecule has 0 aliphatic carbocycles. The number of carbonyl (C=O) groups is 1. The average molecular weight is 359 g/mol. The summed E-state index contributed by atoms with van der Waals surface area (Å²) in [5.41, 5.74) is 2.27. The largest absolute Gasteiger partial charge is 0.381 e. The highest BCUT2D eigenvalue weighted by Gasteiger charge is 2.22. The molecule has 8 heteroatoms. The van der Waals surface area contributed by atoms with E-state index in [4.69, 9.17) is 9.26 Å². The first-order chi connectivity index (χ1) is 12.6. The number of hydrogen-bond donors (Lipinski definition) is 1. The fraction of sp³-hybridized carbons (Fsp3) is 0.556. The van der Waals surface area contributed by atoms with Gasteiger partial charge in [0.05, 0.1) is 18.0 Å². The minimum absolute atomic E-state index is 0.0751. The molecule has 0 radical (unpaired) electrons. The molecule has 8 nitrogen and oxygen atoms in total. The van der Waals surface area contributed by atoms with Crippen LogP contribution in [0.4, 0.5) is 5.82 Å². The van der Waals surface area contributed by atoms with E-state index in [2.05, 4.69) is 20.4 Å². The van der Waals surface area contributed by atoms with E-state index in [0.717, 1.165) is 24.5 Å². The lowest BCUT2D eigenvalue weighted by Gasteiger charge is -2.18. The van der Waals surface area contributed by atoms with Gasteiger partial charge < -0.3 is 19.5 Å². The minimum atomic E-state index is -0.0751. The van der Waals surface area contributed by atoms with Crippen LogP contribution in [-0.2, 0) is 11.2 Å². The number of rotatable bonds is 7. The Labute approximate surface area is 152 Å². The number of carbonyl (C=O) groups excluding carboxylic acids is 1. The lowest BCUT2D eigenvalue weighted by Crippen LogP contribution is -2.32. The molecule has 1 saturated heterocycles. The number of aromatic nitrogens is 3. The van der Waals surface area contributed by atoms with Crippen molar-refractivity contribution in [3.05, 3.63) is 35.1 Å². The summed E-state index contributed by atoms with van der Waals surface area (Å²) in [6.45, 7) is 6.35. The van der Waals surface area contributed by atoms with Gasteiger partial charge in [-0.2, -0.15) is 0 Å². The zero-order chi connectivity index (χ0) is 18.5. The summed E-state index contributed by atoms with van der Waals surface area (Å²) in [6, 6.07) is 1.96. The Kier molecular flexibility index (Phi) is 5.82. The van der Waals surface area contributed by atoms with Gasteiger partial charge >= 0.3 is 0 Å². The van der Waals surface area contributed by atoms with Crippen LogP contribution in [0.25, 0.3) is 0 Å². The Hall–Kier alpha value is -2.48. The van der Waals surface area contributed by atoms with Gasteiger partial charge in [0.15, 0.2) is 0 Å². The number of aryl methyl sites for hydroxylation is 2. The highest BCUT2D eigenvalue weighted by molar-refractivity contribution is 5.96. The van der Waals surface area contributed by atoms with Crippen molar-refractivity contribution in [3.8, 4) is 0 Å². The molecular formula is C18H25N5O3. The van der Waals surface area contributed by atoms with Crippen LogP contribution in [0.3, 0.4) is 0 Å². The quantitative estimate of drug-likeness (QED) is 0.808. The van der Waals surface area contributed by atoms with Crippen molar-refractivity contribution in [2.75, 3.05) is 38.7 Å². The molecule has 0 aromatic carbocycles. The molecule has 1 N–H and O–H groups in total. The normalized spacial score (nSPS) is 16.7. The molecule has 0 saturated carbocycles. The summed E-state index contributed by atoms with van der Waals surface area (Å²) in [7, 11) is 1.77. The highest BCUT2D eigenvalue weighted by Crippen LogP contribution is 2.24. The van der Waals surface area contributed by atoms with Gasteiger partial charge in [0.1, 0.15) is 23.5 Å². The third-order valence-electron chi connectivity index (χ3n) is 4.62. The molecule has 0 spiro atoms. The van der Waals surface area contributed by atoms with Crippen molar-refractivity contribution in [1.82, 2.24) is 20.0 Å². The third-order valence-corrected chi connectivity index (χ3v) is 4.62. The van der Waals surface area contributed by atoms with E-state index in [9.17, 15) is 4.79 Å². The first kappa shape index (κ1) is 18.3. The Bertz CT molecular complexity index is 755. The van der Waals surface area contributed by atoms with Crippen molar-refractivity contribution in [2.24, 2.45) is 0 Å². The standard InChI is InChI=1S/C18H25N5O3/c1-4-14-17(12(2)26-22-14)18(24)23(3)7-6-19-16-9-15(20-11-21-16)13-5-8-25-10-13/h9,11,13H,4-8,10H2,1-3H3,(H,19,20,21). The van der Waals surface area contributed by atoms with E-state index < -0.39 is 0 Å². The number of hydrogen-bond acceptors (Lipinski definition) is 7. The lowest BCUT2D eigenvalue weighted by atomic mass is 10.1. The van der Waals surface area contributed by atoms with E-state index >= 15 is 0 Å². The van der Waals surface area contributed by atoms with Crippen LogP contribution in [0.1, 0.15) is 46.8 Å². The van der Waals surface area contributed by atoms with Gasteiger partial charge in [-0.1, -0.05) is 12.1 Å². The second-order valence-corrected chi connectivity index (χ2v) is 6.46. The average Bonchev–Trinajstić information content (AvgIpc) is 3.31. The molecule has 1 amide bonds. The second-order valence-electron chi connectivity index (χ2n) is 6.46. The van der Waals surface area contributed by atoms with E-state index in [1.165, 1.54) is 0 Å². The van der Waals surface area contributed by atoms with Crippen LogP contribution in [0.15, 0.2) is 16.9 Å². The van der Waals surface area contributed by atoms with Crippen LogP contribution >= 0.6 is 0 Å². The Morgan fingerprint density at radius 3 is 3.00 bits per heavy atom. The maximum Gasteiger partial charge on any atom is 0.259 e. The van der Waals surface area contributed by atoms with Crippen LogP contribution in [0.5, 0.6) is 0 Å². The fourth-order valence-electron chi connectivity index (χ4n) is 3.04. The number of likely N-dealkylation sites (N-methyl/N-ethyl adjacent to an activating group) is 1. The van der Waals surface area contributed by atoms with Gasteiger partial charge in [0.25, 0.3) is 5.91 Å². The molecule has 3 rings (SSSR count). The van der Waals surface area contributed by atoms with Gasteiger partial charge in [-0.3, -0.25) is 4.79 Å². The molecule has 1 aliphatic heterocycles. The number of ether oxygens (including phenoxy) is 1. The van der Waals surface area contributed by atoms with E-state index in [-0.39, 0.29) is 5.91 Å². The summed E-state index contributed by atoms with van der Waals surface area (Å²) in [4.78, 5) is 22.9. The van der Waals surface area contributed by atoms with Gasteiger partial charge in [0.2, 0.25) is 0 Å². The van der Waals surface area contributed by atoms with Crippen LogP contribution in [0, 0.1) is 6.92 Å². The number of amides is 1. The van der Waals surface area contributed by atoms with Crippen molar-refractivity contribution < 1.29 is 14.1 Å². The molecule has 1 unspecified atom stereocenters. The van der Waals surface area contributed by atoms with E-state index in [1.807, 2.05) is 13.0 Å². The second kappa shape index (κ2) is 8.27. The molecule has 1 fully saturated rings. The molecule has 0 bridgehead atoms. The van der Waals surface area contributed by atoms with Crippen LogP contribution in [0.2, 0.25) is 0 Å². The zero-order valence-corrected chi connectivity index (χ0v) is 15.5. The molecule has 2 aromatic heterocycles. The molecule has 1 atom stereocenters. The monoisotopic (exact) mass is 359 g/mol. The predicted octanol–water partition coefficient (Wildman–Crippen LogP) is 2.02. The van der Waals surface area contributed by atoms with Crippen molar-refractivity contribution in [1.29, 1.82) is 0 Å². The number of nitrogens with zero attached hydrogens (tertiary/aromatic N) is 4. The molecule has 2 aromatic rings. The number of nitrogens with one attached hydrogen (secondary N) is 1. The first-order valence-electron chi connectivity index (χ1n) is 8.94. The van der Waals surface area contributed by atoms with Gasteiger partial charge in [-0.25, -0.2) is 9.97 Å². The summed E-state index contributed by atoms with van der Waals surface area (Å²) in [5.74, 6) is 1.59. The first-order valence-corrected chi connectivity index (χ1v) is 8.94. The smallest absolute Gasteiger partial charge is 0.259 e. The molecule has 1 aliphatic rings. The molecule has 140 valence electrons. The maximum absolute atomic E-state index is 12.6. The minimum Gasteiger partial charge on any atom is -0.381 e. The Morgan fingerprint density at radius 1 is 1.42 bits per heavy atom. The Morgan fingerprint density at radius 2 is 2.27 bits per heavy atom. The van der Waals surface area contributed by atoms with Crippen LogP contribution in [-0.4, -0.2) is 59.3 Å². The topological polar surface area (TPSA) is 93.4 Å². The van der Waals surface area contributed by atoms with Crippen molar-refractivity contribution in [2.45, 2.75) is 32.6 Å². The van der Waals surface area contributed by atoms with Crippen molar-refractivity contribution in [3.63, 3.8) is 0 Å². The Balaban J connectivity index is 1.55. The fourth-order valence-corrected chi connectivity index (χ4v) is 3.04. The molecular weight excluding hydrogens is 334 g/mol. The highest BCUT2D eigenvalue weighted by atomic mass is 16.5. The van der Waals surface area contributed by atoms with Crippen molar-refractivity contribution >= 4 is 11.7 Å². The third kappa shape index (κ3) is 4.01. The molecule has 3 heterocycles. The number of anilines is 1. The predicted molar refractivity (Wildman–Crippen MR) is 96.3 cm³/mol. The molecule has 26 heavy (non-hydrogen) atoms. The maximum atomic E-state index is 12.6. The summed E-state index contributed by atoms with van der Waals surface area (Å²) in [6.07, 6.45) is 3.23. The van der Waals surface area contributed by atoms with E-state index in [0.29, 0.717) is 49.1 Å². The van der Waals surface area contributed by atoms with Gasteiger partial charge in [-0.15, -0.1) is 0 Å². The lowest BCUT2D eigenvalue weighted by molar-refractivity contribution is 0.0797. The summed E-state index contributed by atoms with van der Waals surface area (Å²) >= 11 is 0. The van der Waals surface area contributed by atoms with Gasteiger partial charge in [-0.05, 0) is 19.8 Å². The van der Waals surface area contributed by atoms with E-state index in [1.54, 1.807) is 25.2 Å². The summed E-state index contributed by atoms with van der Waals surface area (Å²) < 4.78 is 10.6. The summed E-state index contributed by atoms with van der Waals surface area (Å²) in [5, 5.41) is 7.21.